The highest BCUT2D eigenvalue weighted by Gasteiger charge is 2.17. The van der Waals surface area contributed by atoms with Gasteiger partial charge in [-0.3, -0.25) is 9.59 Å². The Balaban J connectivity index is 1.32. The molecule has 0 aliphatic rings. The normalized spacial score (nSPS) is 10.8. The molecule has 0 radical (unpaired) electrons. The minimum absolute atomic E-state index is 0.130. The predicted octanol–water partition coefficient (Wildman–Crippen LogP) is 3.34. The summed E-state index contributed by atoms with van der Waals surface area (Å²) in [4.78, 5) is 30.7. The van der Waals surface area contributed by atoms with Crippen LogP contribution in [0.5, 0.6) is 0 Å². The van der Waals surface area contributed by atoms with Crippen LogP contribution in [0.1, 0.15) is 15.5 Å². The molecule has 7 nitrogen and oxygen atoms in total. The van der Waals surface area contributed by atoms with Gasteiger partial charge in [0.25, 0.3) is 5.91 Å². The van der Waals surface area contributed by atoms with E-state index in [1.54, 1.807) is 24.5 Å². The zero-order valence-electron chi connectivity index (χ0n) is 15.7. The number of fused-ring (bicyclic) bond motifs is 1. The Hall–Kier alpha value is -3.52. The zero-order valence-corrected chi connectivity index (χ0v) is 16.5. The molecule has 4 rings (SSSR count). The number of thiazole rings is 1. The summed E-state index contributed by atoms with van der Waals surface area (Å²) in [6.07, 6.45) is 0. The van der Waals surface area contributed by atoms with E-state index in [-0.39, 0.29) is 18.1 Å². The number of hydrogen-bond acceptors (Lipinski definition) is 6. The molecular weight excluding hydrogens is 388 g/mol. The number of rotatable bonds is 6. The number of amides is 2. The maximum absolute atomic E-state index is 12.4. The molecular formula is C21H18N4O3S. The van der Waals surface area contributed by atoms with E-state index in [1.807, 2.05) is 54.6 Å². The third kappa shape index (κ3) is 4.33. The van der Waals surface area contributed by atoms with Crippen LogP contribution in [0, 0.1) is 0 Å². The Bertz CT molecular complexity index is 1120. The average molecular weight is 406 g/mol. The second-order valence-corrected chi connectivity index (χ2v) is 7.57. The van der Waals surface area contributed by atoms with Crippen LogP contribution in [0.15, 0.2) is 65.2 Å². The summed E-state index contributed by atoms with van der Waals surface area (Å²) in [5, 5.41) is 7.22. The van der Waals surface area contributed by atoms with Crippen LogP contribution in [0.3, 0.4) is 0 Å². The number of hydrogen-bond donors (Lipinski definition) is 1. The van der Waals surface area contributed by atoms with Gasteiger partial charge in [-0.15, -0.1) is 11.3 Å². The van der Waals surface area contributed by atoms with Gasteiger partial charge in [0.15, 0.2) is 11.5 Å². The zero-order chi connectivity index (χ0) is 20.2. The number of nitrogens with one attached hydrogen (secondary N) is 1. The lowest BCUT2D eigenvalue weighted by atomic mass is 10.1. The Kier molecular flexibility index (Phi) is 5.35. The molecule has 0 saturated carbocycles. The van der Waals surface area contributed by atoms with Gasteiger partial charge < -0.3 is 14.7 Å². The molecule has 2 aromatic heterocycles. The van der Waals surface area contributed by atoms with Crippen molar-refractivity contribution in [1.29, 1.82) is 0 Å². The first-order valence-electron chi connectivity index (χ1n) is 8.99. The molecule has 0 fully saturated rings. The van der Waals surface area contributed by atoms with Gasteiger partial charge in [-0.2, -0.15) is 0 Å². The number of aromatic nitrogens is 2. The van der Waals surface area contributed by atoms with E-state index in [1.165, 1.54) is 4.90 Å². The van der Waals surface area contributed by atoms with Crippen LogP contribution in [-0.4, -0.2) is 40.4 Å². The maximum atomic E-state index is 12.4. The summed E-state index contributed by atoms with van der Waals surface area (Å²) in [7, 11) is 1.68. The van der Waals surface area contributed by atoms with Crippen LogP contribution in [0.4, 0.5) is 0 Å². The van der Waals surface area contributed by atoms with E-state index in [0.29, 0.717) is 12.3 Å². The van der Waals surface area contributed by atoms with Gasteiger partial charge in [-0.05, 0) is 12.1 Å². The maximum Gasteiger partial charge on any atom is 0.273 e. The van der Waals surface area contributed by atoms with Crippen molar-refractivity contribution in [2.24, 2.45) is 0 Å². The lowest BCUT2D eigenvalue weighted by molar-refractivity contribution is -0.129. The largest absolute Gasteiger partial charge is 0.355 e. The summed E-state index contributed by atoms with van der Waals surface area (Å²) in [6.45, 7) is 0.254. The number of para-hydroxylation sites is 1. The molecule has 0 saturated heterocycles. The minimum atomic E-state index is -0.460. The van der Waals surface area contributed by atoms with Crippen molar-refractivity contribution in [1.82, 2.24) is 20.4 Å². The molecule has 0 aliphatic heterocycles. The lowest BCUT2D eigenvalue weighted by Crippen LogP contribution is -2.37. The van der Waals surface area contributed by atoms with Crippen LogP contribution in [0.25, 0.3) is 21.5 Å². The van der Waals surface area contributed by atoms with Crippen LogP contribution >= 0.6 is 11.3 Å². The van der Waals surface area contributed by atoms with E-state index in [9.17, 15) is 9.59 Å². The molecule has 8 heteroatoms. The topological polar surface area (TPSA) is 88.3 Å². The van der Waals surface area contributed by atoms with Gasteiger partial charge in [-0.25, -0.2) is 4.98 Å². The van der Waals surface area contributed by atoms with Gasteiger partial charge >= 0.3 is 0 Å². The standard InChI is InChI=1S/C21H18N4O3S/c1-25(13-19-23-15-9-5-6-10-18(15)29-19)20(26)12-22-21(27)16-11-17(28-24-16)14-7-3-2-4-8-14/h2-11H,12-13H2,1H3,(H,22,27). The first-order valence-corrected chi connectivity index (χ1v) is 9.80. The van der Waals surface area contributed by atoms with Gasteiger partial charge in [0.05, 0.1) is 23.3 Å². The second-order valence-electron chi connectivity index (χ2n) is 6.45. The fourth-order valence-corrected chi connectivity index (χ4v) is 3.80. The van der Waals surface area contributed by atoms with Crippen LogP contribution in [-0.2, 0) is 11.3 Å². The first kappa shape index (κ1) is 18.8. The molecule has 0 bridgehead atoms. The molecule has 2 aromatic carbocycles. The summed E-state index contributed by atoms with van der Waals surface area (Å²) >= 11 is 1.55. The fraction of sp³-hybridized carbons (Fsp3) is 0.143. The summed E-state index contributed by atoms with van der Waals surface area (Å²) in [5.41, 5.74) is 1.87. The Morgan fingerprint density at radius 1 is 1.10 bits per heavy atom. The van der Waals surface area contributed by atoms with E-state index in [4.69, 9.17) is 4.52 Å². The second kappa shape index (κ2) is 8.24. The predicted molar refractivity (Wildman–Crippen MR) is 110 cm³/mol. The minimum Gasteiger partial charge on any atom is -0.355 e. The molecule has 0 atom stereocenters. The SMILES string of the molecule is CN(Cc1nc2ccccc2s1)C(=O)CNC(=O)c1cc(-c2ccccc2)on1. The van der Waals surface area contributed by atoms with E-state index in [2.05, 4.69) is 15.5 Å². The summed E-state index contributed by atoms with van der Waals surface area (Å²) in [5.74, 6) is -0.183. The number of nitrogens with zero attached hydrogens (tertiary/aromatic N) is 3. The highest BCUT2D eigenvalue weighted by molar-refractivity contribution is 7.18. The first-order chi connectivity index (χ1) is 14.1. The highest BCUT2D eigenvalue weighted by Crippen LogP contribution is 2.22. The lowest BCUT2D eigenvalue weighted by Gasteiger charge is -2.15. The number of benzene rings is 2. The van der Waals surface area contributed by atoms with Crippen molar-refractivity contribution in [2.75, 3.05) is 13.6 Å². The van der Waals surface area contributed by atoms with Crippen molar-refractivity contribution in [3.63, 3.8) is 0 Å². The Morgan fingerprint density at radius 2 is 1.86 bits per heavy atom. The van der Waals surface area contributed by atoms with Crippen molar-refractivity contribution < 1.29 is 14.1 Å². The van der Waals surface area contributed by atoms with Crippen LogP contribution < -0.4 is 5.32 Å². The third-order valence-corrected chi connectivity index (χ3v) is 5.36. The van der Waals surface area contributed by atoms with Gasteiger partial charge in [-0.1, -0.05) is 47.6 Å². The fourth-order valence-electron chi connectivity index (χ4n) is 2.78. The van der Waals surface area contributed by atoms with Crippen molar-refractivity contribution in [3.8, 4) is 11.3 Å². The Morgan fingerprint density at radius 3 is 2.66 bits per heavy atom. The van der Waals surface area contributed by atoms with E-state index >= 15 is 0 Å². The quantitative estimate of drug-likeness (QED) is 0.531. The van der Waals surface area contributed by atoms with Gasteiger partial charge in [0, 0.05) is 18.7 Å². The van der Waals surface area contributed by atoms with Gasteiger partial charge in [0.1, 0.15) is 5.01 Å². The molecule has 29 heavy (non-hydrogen) atoms. The van der Waals surface area contributed by atoms with Crippen molar-refractivity contribution in [2.45, 2.75) is 6.54 Å². The average Bonchev–Trinajstić information content (AvgIpc) is 3.39. The van der Waals surface area contributed by atoms with Gasteiger partial charge in [0.2, 0.25) is 5.91 Å². The summed E-state index contributed by atoms with van der Waals surface area (Å²) < 4.78 is 6.30. The van der Waals surface area contributed by atoms with Crippen molar-refractivity contribution in [3.05, 3.63) is 71.4 Å². The molecule has 2 amide bonds. The Labute approximate surface area is 171 Å². The molecule has 0 aliphatic carbocycles. The smallest absolute Gasteiger partial charge is 0.273 e. The van der Waals surface area contributed by atoms with Crippen LogP contribution in [0.2, 0.25) is 0 Å². The number of carbonyl (C=O) groups excluding carboxylic acids is 2. The van der Waals surface area contributed by atoms with E-state index in [0.717, 1.165) is 20.8 Å². The van der Waals surface area contributed by atoms with Crippen molar-refractivity contribution >= 4 is 33.4 Å². The number of likely N-dealkylation sites (N-methyl/N-ethyl adjacent to an activating group) is 1. The molecule has 0 spiro atoms. The summed E-state index contributed by atoms with van der Waals surface area (Å²) in [6, 6.07) is 18.8. The monoisotopic (exact) mass is 406 g/mol. The third-order valence-electron chi connectivity index (χ3n) is 4.34. The highest BCUT2D eigenvalue weighted by atomic mass is 32.1. The molecule has 146 valence electrons. The molecule has 2 heterocycles. The number of carbonyl (C=O) groups is 2. The van der Waals surface area contributed by atoms with E-state index < -0.39 is 5.91 Å². The molecule has 0 unspecified atom stereocenters. The molecule has 4 aromatic rings. The molecule has 1 N–H and O–H groups in total.